The Bertz CT molecular complexity index is 605. The van der Waals surface area contributed by atoms with E-state index in [0.717, 1.165) is 0 Å². The van der Waals surface area contributed by atoms with Crippen LogP contribution in [0.2, 0.25) is 0 Å². The number of imidazole rings is 1. The van der Waals surface area contributed by atoms with Crippen molar-refractivity contribution >= 4 is 15.9 Å². The second-order valence-corrected chi connectivity index (χ2v) is 9.12. The molecule has 2 amide bonds. The molecule has 1 aliphatic heterocycles. The Morgan fingerprint density at radius 2 is 2.18 bits per heavy atom. The van der Waals surface area contributed by atoms with E-state index in [4.69, 9.17) is 0 Å². The van der Waals surface area contributed by atoms with Gasteiger partial charge < -0.3 is 15.2 Å². The minimum Gasteiger partial charge on any atom is -0.335 e. The first kappa shape index (κ1) is 16.8. The number of aromatic nitrogens is 2. The zero-order valence-electron chi connectivity index (χ0n) is 13.2. The number of nitrogens with zero attached hydrogens (tertiary/aromatic N) is 2. The third-order valence-electron chi connectivity index (χ3n) is 3.87. The lowest BCUT2D eigenvalue weighted by Crippen LogP contribution is -2.52. The van der Waals surface area contributed by atoms with Gasteiger partial charge >= 0.3 is 6.03 Å². The van der Waals surface area contributed by atoms with Gasteiger partial charge in [0.25, 0.3) is 0 Å². The Hall–Kier alpha value is -1.57. The maximum absolute atomic E-state index is 12.2. The van der Waals surface area contributed by atoms with E-state index in [1.54, 1.807) is 12.5 Å². The van der Waals surface area contributed by atoms with E-state index in [-0.39, 0.29) is 35.0 Å². The second kappa shape index (κ2) is 6.28. The normalized spacial score (nSPS) is 22.2. The average Bonchev–Trinajstić information content (AvgIpc) is 2.97. The van der Waals surface area contributed by atoms with Crippen molar-refractivity contribution in [3.05, 3.63) is 18.7 Å². The highest BCUT2D eigenvalue weighted by Crippen LogP contribution is 2.21. The molecule has 1 aromatic rings. The molecule has 1 aliphatic rings. The molecule has 7 nitrogen and oxygen atoms in total. The van der Waals surface area contributed by atoms with Crippen LogP contribution >= 0.6 is 0 Å². The molecule has 2 N–H and O–H groups in total. The van der Waals surface area contributed by atoms with Crippen LogP contribution in [-0.2, 0) is 16.4 Å². The Labute approximate surface area is 131 Å². The van der Waals surface area contributed by atoms with Crippen molar-refractivity contribution in [2.24, 2.45) is 5.41 Å². The predicted octanol–water partition coefficient (Wildman–Crippen LogP) is 0.784. The third-order valence-corrected chi connectivity index (χ3v) is 5.64. The van der Waals surface area contributed by atoms with Crippen molar-refractivity contribution in [3.8, 4) is 0 Å². The van der Waals surface area contributed by atoms with Crippen molar-refractivity contribution in [3.63, 3.8) is 0 Å². The van der Waals surface area contributed by atoms with Gasteiger partial charge in [-0.3, -0.25) is 0 Å². The summed E-state index contributed by atoms with van der Waals surface area (Å²) in [6.45, 7) is 6.76. The molecule has 0 radical (unpaired) electrons. The Morgan fingerprint density at radius 3 is 2.68 bits per heavy atom. The monoisotopic (exact) mass is 328 g/mol. The summed E-state index contributed by atoms with van der Waals surface area (Å²) in [4.78, 5) is 16.2. The highest BCUT2D eigenvalue weighted by atomic mass is 32.2. The lowest BCUT2D eigenvalue weighted by Gasteiger charge is -2.32. The van der Waals surface area contributed by atoms with Gasteiger partial charge in [0.1, 0.15) is 0 Å². The molecular formula is C14H24N4O3S. The summed E-state index contributed by atoms with van der Waals surface area (Å²) in [6, 6.07) is -0.708. The number of amides is 2. The molecule has 124 valence electrons. The fourth-order valence-corrected chi connectivity index (χ4v) is 4.11. The van der Waals surface area contributed by atoms with Crippen LogP contribution in [0.25, 0.3) is 0 Å². The summed E-state index contributed by atoms with van der Waals surface area (Å²) in [5, 5.41) is 5.72. The molecular weight excluding hydrogens is 304 g/mol. The molecule has 8 heteroatoms. The quantitative estimate of drug-likeness (QED) is 0.854. The minimum absolute atomic E-state index is 0.0299. The van der Waals surface area contributed by atoms with E-state index < -0.39 is 9.84 Å². The molecule has 2 atom stereocenters. The number of rotatable bonds is 4. The van der Waals surface area contributed by atoms with Gasteiger partial charge in [0.15, 0.2) is 9.84 Å². The van der Waals surface area contributed by atoms with E-state index in [2.05, 4.69) is 36.4 Å². The Morgan fingerprint density at radius 1 is 1.45 bits per heavy atom. The molecule has 0 bridgehead atoms. The first-order valence-electron chi connectivity index (χ1n) is 7.39. The largest absolute Gasteiger partial charge is 0.335 e. The summed E-state index contributed by atoms with van der Waals surface area (Å²) >= 11 is 0. The van der Waals surface area contributed by atoms with Gasteiger partial charge in [0.05, 0.1) is 23.9 Å². The number of sulfone groups is 1. The molecule has 1 fully saturated rings. The standard InChI is InChI=1S/C14H24N4O3S/c1-14(2,3)12(8-18-6-5-15-10-18)17-13(19)16-11-4-7-22(20,21)9-11/h5-6,10-12H,4,7-9H2,1-3H3,(H2,16,17,19). The number of hydrogen-bond acceptors (Lipinski definition) is 4. The number of hydrogen-bond donors (Lipinski definition) is 2. The summed E-state index contributed by atoms with van der Waals surface area (Å²) < 4.78 is 24.8. The van der Waals surface area contributed by atoms with Crippen LogP contribution < -0.4 is 10.6 Å². The topological polar surface area (TPSA) is 93.1 Å². The Balaban J connectivity index is 1.94. The SMILES string of the molecule is CC(C)(C)C(Cn1ccnc1)NC(=O)NC1CCS(=O)(=O)C1. The van der Waals surface area contributed by atoms with Gasteiger partial charge in [0.2, 0.25) is 0 Å². The van der Waals surface area contributed by atoms with Crippen LogP contribution in [0, 0.1) is 5.41 Å². The van der Waals surface area contributed by atoms with Gasteiger partial charge in [-0.25, -0.2) is 18.2 Å². The molecule has 1 aromatic heterocycles. The van der Waals surface area contributed by atoms with Crippen molar-refractivity contribution < 1.29 is 13.2 Å². The van der Waals surface area contributed by atoms with Crippen LogP contribution in [0.5, 0.6) is 0 Å². The van der Waals surface area contributed by atoms with Crippen molar-refractivity contribution in [1.29, 1.82) is 0 Å². The number of carbonyl (C=O) groups excluding carboxylic acids is 1. The third kappa shape index (κ3) is 4.72. The summed E-state index contributed by atoms with van der Waals surface area (Å²) in [5.74, 6) is 0.178. The van der Waals surface area contributed by atoms with E-state index in [0.29, 0.717) is 13.0 Å². The lowest BCUT2D eigenvalue weighted by molar-refractivity contribution is 0.207. The first-order chi connectivity index (χ1) is 10.2. The van der Waals surface area contributed by atoms with Crippen LogP contribution in [0.1, 0.15) is 27.2 Å². The molecule has 2 rings (SSSR count). The van der Waals surface area contributed by atoms with Gasteiger partial charge in [-0.15, -0.1) is 0 Å². The number of nitrogens with one attached hydrogen (secondary N) is 2. The predicted molar refractivity (Wildman–Crippen MR) is 84.2 cm³/mol. The summed E-state index contributed by atoms with van der Waals surface area (Å²) in [7, 11) is -2.99. The molecule has 22 heavy (non-hydrogen) atoms. The Kier molecular flexibility index (Phi) is 4.79. The van der Waals surface area contributed by atoms with Gasteiger partial charge in [-0.1, -0.05) is 20.8 Å². The molecule has 2 heterocycles. The molecule has 2 unspecified atom stereocenters. The van der Waals surface area contributed by atoms with Gasteiger partial charge in [-0.05, 0) is 11.8 Å². The van der Waals surface area contributed by atoms with Crippen LogP contribution in [0.15, 0.2) is 18.7 Å². The molecule has 0 aliphatic carbocycles. The number of urea groups is 1. The fraction of sp³-hybridized carbons (Fsp3) is 0.714. The van der Waals surface area contributed by atoms with Gasteiger partial charge in [0, 0.05) is 25.0 Å². The van der Waals surface area contributed by atoms with Gasteiger partial charge in [-0.2, -0.15) is 0 Å². The summed E-state index contributed by atoms with van der Waals surface area (Å²) in [5.41, 5.74) is -0.136. The molecule has 0 saturated carbocycles. The van der Waals surface area contributed by atoms with Crippen molar-refractivity contribution in [2.45, 2.75) is 45.8 Å². The zero-order chi connectivity index (χ0) is 16.4. The van der Waals surface area contributed by atoms with Crippen LogP contribution in [-0.4, -0.2) is 47.6 Å². The first-order valence-corrected chi connectivity index (χ1v) is 9.21. The van der Waals surface area contributed by atoms with Crippen LogP contribution in [0.4, 0.5) is 4.79 Å². The van der Waals surface area contributed by atoms with Crippen molar-refractivity contribution in [2.75, 3.05) is 11.5 Å². The minimum atomic E-state index is -2.99. The van der Waals surface area contributed by atoms with E-state index in [9.17, 15) is 13.2 Å². The molecule has 0 aromatic carbocycles. The maximum atomic E-state index is 12.2. The average molecular weight is 328 g/mol. The molecule has 1 saturated heterocycles. The lowest BCUT2D eigenvalue weighted by atomic mass is 9.86. The smallest absolute Gasteiger partial charge is 0.315 e. The number of carbonyl (C=O) groups is 1. The van der Waals surface area contributed by atoms with E-state index in [1.807, 2.05) is 10.8 Å². The zero-order valence-corrected chi connectivity index (χ0v) is 14.1. The van der Waals surface area contributed by atoms with Crippen LogP contribution in [0.3, 0.4) is 0 Å². The molecule has 0 spiro atoms. The fourth-order valence-electron chi connectivity index (χ4n) is 2.44. The van der Waals surface area contributed by atoms with E-state index >= 15 is 0 Å². The highest BCUT2D eigenvalue weighted by molar-refractivity contribution is 7.91. The maximum Gasteiger partial charge on any atom is 0.315 e. The summed E-state index contributed by atoms with van der Waals surface area (Å²) in [6.07, 6.45) is 5.74. The van der Waals surface area contributed by atoms with E-state index in [1.165, 1.54) is 0 Å². The van der Waals surface area contributed by atoms with Crippen molar-refractivity contribution in [1.82, 2.24) is 20.2 Å². The highest BCUT2D eigenvalue weighted by Gasteiger charge is 2.31. The second-order valence-electron chi connectivity index (χ2n) is 6.90.